The molecular formula is C9H7BrFNO2S. The molecule has 15 heavy (non-hydrogen) atoms. The Kier molecular flexibility index (Phi) is 3.85. The topological polar surface area (TPSA) is 46.2 Å². The highest BCUT2D eigenvalue weighted by atomic mass is 79.9. The molecule has 1 aromatic carbocycles. The van der Waals surface area contributed by atoms with Gasteiger partial charge in [-0.15, -0.1) is 6.42 Å². The maximum absolute atomic E-state index is 13.3. The van der Waals surface area contributed by atoms with Gasteiger partial charge in [-0.3, -0.25) is 0 Å². The largest absolute Gasteiger partial charge is 0.244 e. The zero-order valence-electron chi connectivity index (χ0n) is 7.50. The van der Waals surface area contributed by atoms with E-state index in [0.29, 0.717) is 4.47 Å². The molecule has 1 N–H and O–H groups in total. The van der Waals surface area contributed by atoms with Crippen LogP contribution in [0.5, 0.6) is 0 Å². The van der Waals surface area contributed by atoms with Crippen LogP contribution in [0.1, 0.15) is 0 Å². The summed E-state index contributed by atoms with van der Waals surface area (Å²) in [6, 6.07) is 3.68. The Morgan fingerprint density at radius 3 is 2.73 bits per heavy atom. The predicted molar refractivity (Wildman–Crippen MR) is 58.1 cm³/mol. The molecule has 0 atom stereocenters. The molecule has 0 spiro atoms. The Labute approximate surface area is 95.9 Å². The zero-order chi connectivity index (χ0) is 11.5. The number of hydrogen-bond acceptors (Lipinski definition) is 2. The highest BCUT2D eigenvalue weighted by Crippen LogP contribution is 2.18. The first-order valence-corrected chi connectivity index (χ1v) is 6.13. The van der Waals surface area contributed by atoms with E-state index >= 15 is 0 Å². The molecule has 0 heterocycles. The van der Waals surface area contributed by atoms with E-state index < -0.39 is 20.7 Å². The maximum Gasteiger partial charge on any atom is 0.244 e. The van der Waals surface area contributed by atoms with Gasteiger partial charge in [0.15, 0.2) is 0 Å². The second kappa shape index (κ2) is 4.75. The van der Waals surface area contributed by atoms with E-state index in [0.717, 1.165) is 12.1 Å². The van der Waals surface area contributed by atoms with Crippen molar-refractivity contribution in [1.82, 2.24) is 4.72 Å². The van der Waals surface area contributed by atoms with Gasteiger partial charge in [0.05, 0.1) is 6.54 Å². The maximum atomic E-state index is 13.3. The first-order chi connectivity index (χ1) is 6.97. The van der Waals surface area contributed by atoms with Gasteiger partial charge in [0.2, 0.25) is 10.0 Å². The number of benzene rings is 1. The van der Waals surface area contributed by atoms with Crippen molar-refractivity contribution in [3.8, 4) is 12.3 Å². The number of terminal acetylenes is 1. The molecule has 3 nitrogen and oxygen atoms in total. The molecule has 1 aromatic rings. The summed E-state index contributed by atoms with van der Waals surface area (Å²) in [7, 11) is -3.86. The molecule has 0 fully saturated rings. The van der Waals surface area contributed by atoms with E-state index in [2.05, 4.69) is 26.6 Å². The highest BCUT2D eigenvalue weighted by molar-refractivity contribution is 9.10. The van der Waals surface area contributed by atoms with Crippen LogP contribution < -0.4 is 4.72 Å². The van der Waals surface area contributed by atoms with Crippen LogP contribution in [0.15, 0.2) is 27.6 Å². The normalized spacial score (nSPS) is 11.0. The minimum atomic E-state index is -3.86. The van der Waals surface area contributed by atoms with Crippen molar-refractivity contribution in [3.63, 3.8) is 0 Å². The van der Waals surface area contributed by atoms with Crippen LogP contribution in [-0.2, 0) is 10.0 Å². The molecule has 1 rings (SSSR count). The average Bonchev–Trinajstić information content (AvgIpc) is 2.14. The fraction of sp³-hybridized carbons (Fsp3) is 0.111. The SMILES string of the molecule is C#CCNS(=O)(=O)c1ccc(Br)cc1F. The standard InChI is InChI=1S/C9H7BrFNO2S/c1-2-5-12-15(13,14)9-4-3-7(10)6-8(9)11/h1,3-4,6,12H,5H2. The summed E-state index contributed by atoms with van der Waals surface area (Å²) in [4.78, 5) is -0.416. The molecule has 0 saturated heterocycles. The third kappa shape index (κ3) is 3.02. The van der Waals surface area contributed by atoms with Gasteiger partial charge in [-0.1, -0.05) is 21.9 Å². The van der Waals surface area contributed by atoms with Gasteiger partial charge in [-0.05, 0) is 18.2 Å². The van der Waals surface area contributed by atoms with E-state index in [9.17, 15) is 12.8 Å². The van der Waals surface area contributed by atoms with E-state index in [1.165, 1.54) is 6.07 Å². The number of sulfonamides is 1. The first-order valence-electron chi connectivity index (χ1n) is 3.85. The van der Waals surface area contributed by atoms with Crippen molar-refractivity contribution in [2.75, 3.05) is 6.54 Å². The van der Waals surface area contributed by atoms with Crippen molar-refractivity contribution in [3.05, 3.63) is 28.5 Å². The van der Waals surface area contributed by atoms with E-state index in [1.54, 1.807) is 0 Å². The Hall–Kier alpha value is -0.900. The highest BCUT2D eigenvalue weighted by Gasteiger charge is 2.17. The van der Waals surface area contributed by atoms with Crippen molar-refractivity contribution in [1.29, 1.82) is 0 Å². The second-order valence-electron chi connectivity index (χ2n) is 2.60. The van der Waals surface area contributed by atoms with E-state index in [1.807, 2.05) is 0 Å². The summed E-state index contributed by atoms with van der Waals surface area (Å²) >= 11 is 3.03. The molecule has 0 radical (unpaired) electrons. The average molecular weight is 292 g/mol. The minimum absolute atomic E-state index is 0.169. The minimum Gasteiger partial charge on any atom is -0.207 e. The van der Waals surface area contributed by atoms with Gasteiger partial charge < -0.3 is 0 Å². The lowest BCUT2D eigenvalue weighted by Crippen LogP contribution is -2.24. The van der Waals surface area contributed by atoms with Crippen LogP contribution in [0.25, 0.3) is 0 Å². The number of nitrogens with one attached hydrogen (secondary N) is 1. The molecule has 0 saturated carbocycles. The zero-order valence-corrected chi connectivity index (χ0v) is 9.90. The molecule has 0 aliphatic heterocycles. The summed E-state index contributed by atoms with van der Waals surface area (Å²) in [5, 5.41) is 0. The van der Waals surface area contributed by atoms with Gasteiger partial charge >= 0.3 is 0 Å². The van der Waals surface area contributed by atoms with Crippen molar-refractivity contribution < 1.29 is 12.8 Å². The molecule has 0 unspecified atom stereocenters. The van der Waals surface area contributed by atoms with Crippen molar-refractivity contribution >= 4 is 26.0 Å². The summed E-state index contributed by atoms with van der Waals surface area (Å²) in [6.07, 6.45) is 4.90. The van der Waals surface area contributed by atoms with Gasteiger partial charge in [0, 0.05) is 4.47 Å². The Bertz CT molecular complexity index is 507. The van der Waals surface area contributed by atoms with Gasteiger partial charge in [-0.25, -0.2) is 12.8 Å². The van der Waals surface area contributed by atoms with Crippen LogP contribution in [0.4, 0.5) is 4.39 Å². The molecule has 0 aliphatic carbocycles. The molecule has 0 aliphatic rings. The van der Waals surface area contributed by atoms with Crippen LogP contribution >= 0.6 is 15.9 Å². The molecular weight excluding hydrogens is 285 g/mol. The Morgan fingerprint density at radius 1 is 1.53 bits per heavy atom. The van der Waals surface area contributed by atoms with E-state index in [-0.39, 0.29) is 6.54 Å². The fourth-order valence-corrected chi connectivity index (χ4v) is 2.23. The van der Waals surface area contributed by atoms with Crippen LogP contribution in [0.2, 0.25) is 0 Å². The third-order valence-electron chi connectivity index (χ3n) is 1.55. The summed E-state index contributed by atoms with van der Waals surface area (Å²) in [5.41, 5.74) is 0. The van der Waals surface area contributed by atoms with E-state index in [4.69, 9.17) is 6.42 Å². The second-order valence-corrected chi connectivity index (χ2v) is 5.25. The van der Waals surface area contributed by atoms with Crippen molar-refractivity contribution in [2.45, 2.75) is 4.90 Å². The van der Waals surface area contributed by atoms with Gasteiger partial charge in [-0.2, -0.15) is 4.72 Å². The number of rotatable bonds is 3. The van der Waals surface area contributed by atoms with Gasteiger partial charge in [0.1, 0.15) is 10.7 Å². The van der Waals surface area contributed by atoms with Gasteiger partial charge in [0.25, 0.3) is 0 Å². The van der Waals surface area contributed by atoms with Crippen LogP contribution in [0, 0.1) is 18.2 Å². The molecule has 0 aromatic heterocycles. The lowest BCUT2D eigenvalue weighted by Gasteiger charge is -2.05. The first kappa shape index (κ1) is 12.2. The number of hydrogen-bond donors (Lipinski definition) is 1. The quantitative estimate of drug-likeness (QED) is 0.858. The monoisotopic (exact) mass is 291 g/mol. The molecule has 80 valence electrons. The Morgan fingerprint density at radius 2 is 2.20 bits per heavy atom. The summed E-state index contributed by atoms with van der Waals surface area (Å²) in [5.74, 6) is 1.28. The fourth-order valence-electron chi connectivity index (χ4n) is 0.908. The van der Waals surface area contributed by atoms with Crippen LogP contribution in [0.3, 0.4) is 0 Å². The lowest BCUT2D eigenvalue weighted by atomic mass is 10.3. The van der Waals surface area contributed by atoms with Crippen molar-refractivity contribution in [2.24, 2.45) is 0 Å². The third-order valence-corrected chi connectivity index (χ3v) is 3.48. The molecule has 0 amide bonds. The summed E-state index contributed by atoms with van der Waals surface area (Å²) in [6.45, 7) is -0.169. The summed E-state index contributed by atoms with van der Waals surface area (Å²) < 4.78 is 38.7. The number of halogens is 2. The predicted octanol–water partition coefficient (Wildman–Crippen LogP) is 1.50. The van der Waals surface area contributed by atoms with Crippen LogP contribution in [-0.4, -0.2) is 15.0 Å². The smallest absolute Gasteiger partial charge is 0.207 e. The molecule has 0 bridgehead atoms. The molecule has 6 heteroatoms. The Balaban J connectivity index is 3.12. The lowest BCUT2D eigenvalue weighted by molar-refractivity contribution is 0.559.